The van der Waals surface area contributed by atoms with E-state index in [0.29, 0.717) is 11.6 Å². The summed E-state index contributed by atoms with van der Waals surface area (Å²) in [5.74, 6) is 0. The summed E-state index contributed by atoms with van der Waals surface area (Å²) in [5, 5.41) is 1.83. The summed E-state index contributed by atoms with van der Waals surface area (Å²) >= 11 is 5.80. The highest BCUT2D eigenvalue weighted by molar-refractivity contribution is 7.92. The van der Waals surface area contributed by atoms with Crippen molar-refractivity contribution in [2.45, 2.75) is 13.5 Å². The van der Waals surface area contributed by atoms with E-state index in [1.54, 1.807) is 37.4 Å². The molecule has 0 heterocycles. The van der Waals surface area contributed by atoms with Crippen molar-refractivity contribution >= 4 is 27.7 Å². The third kappa shape index (κ3) is 4.70. The Bertz CT molecular complexity index is 750. The molecular weight excluding hydrogens is 318 g/mol. The van der Waals surface area contributed by atoms with Crippen molar-refractivity contribution in [3.63, 3.8) is 0 Å². The molecule has 0 aromatic heterocycles. The van der Waals surface area contributed by atoms with Crippen LogP contribution in [0.3, 0.4) is 0 Å². The second-order valence-electron chi connectivity index (χ2n) is 5.14. The zero-order valence-corrected chi connectivity index (χ0v) is 14.1. The molecule has 0 amide bonds. The second-order valence-corrected chi connectivity index (χ2v) is 7.50. The van der Waals surface area contributed by atoms with Gasteiger partial charge in [0.05, 0.1) is 0 Å². The first kappa shape index (κ1) is 16.7. The molecule has 0 fully saturated rings. The number of hydrogen-bond acceptors (Lipinski definition) is 2. The van der Waals surface area contributed by atoms with E-state index in [9.17, 15) is 8.42 Å². The van der Waals surface area contributed by atoms with Gasteiger partial charge in [-0.25, -0.2) is 8.42 Å². The summed E-state index contributed by atoms with van der Waals surface area (Å²) in [4.78, 5) is 0. The SMILES string of the molecule is Cc1ccc(CN(C)S(=O)(=O)/C=C/c2ccc(Cl)cc2)cc1. The van der Waals surface area contributed by atoms with E-state index >= 15 is 0 Å². The average molecular weight is 336 g/mol. The molecule has 0 N–H and O–H groups in total. The van der Waals surface area contributed by atoms with Crippen LogP contribution in [0.25, 0.3) is 6.08 Å². The van der Waals surface area contributed by atoms with Crippen LogP contribution >= 0.6 is 11.6 Å². The Morgan fingerprint density at radius 2 is 1.64 bits per heavy atom. The van der Waals surface area contributed by atoms with Gasteiger partial charge in [0.2, 0.25) is 10.0 Å². The lowest BCUT2D eigenvalue weighted by Crippen LogP contribution is -2.24. The standard InChI is InChI=1S/C17H18ClNO2S/c1-14-3-5-16(6-4-14)13-19(2)22(20,21)12-11-15-7-9-17(18)10-8-15/h3-12H,13H2,1-2H3/b12-11+. The summed E-state index contributed by atoms with van der Waals surface area (Å²) in [5.41, 5.74) is 2.89. The smallest absolute Gasteiger partial charge is 0.208 e. The van der Waals surface area contributed by atoms with Gasteiger partial charge in [-0.1, -0.05) is 53.6 Å². The van der Waals surface area contributed by atoms with Gasteiger partial charge in [0.1, 0.15) is 0 Å². The number of hydrogen-bond donors (Lipinski definition) is 0. The summed E-state index contributed by atoms with van der Waals surface area (Å²) in [6.07, 6.45) is 1.57. The molecule has 0 bridgehead atoms. The fraction of sp³-hybridized carbons (Fsp3) is 0.176. The van der Waals surface area contributed by atoms with Gasteiger partial charge in [-0.15, -0.1) is 0 Å². The maximum atomic E-state index is 12.3. The van der Waals surface area contributed by atoms with Crippen molar-refractivity contribution in [2.24, 2.45) is 0 Å². The van der Waals surface area contributed by atoms with Crippen molar-refractivity contribution in [1.29, 1.82) is 0 Å². The predicted molar refractivity (Wildman–Crippen MR) is 92.1 cm³/mol. The van der Waals surface area contributed by atoms with Crippen molar-refractivity contribution in [3.05, 3.63) is 75.7 Å². The lowest BCUT2D eigenvalue weighted by molar-refractivity contribution is 0.475. The minimum absolute atomic E-state index is 0.341. The van der Waals surface area contributed by atoms with E-state index in [1.165, 1.54) is 9.71 Å². The van der Waals surface area contributed by atoms with Crippen LogP contribution in [0, 0.1) is 6.92 Å². The van der Waals surface area contributed by atoms with E-state index in [-0.39, 0.29) is 0 Å². The van der Waals surface area contributed by atoms with Crippen LogP contribution in [-0.2, 0) is 16.6 Å². The Labute approximate surface area is 136 Å². The largest absolute Gasteiger partial charge is 0.236 e. The highest BCUT2D eigenvalue weighted by Crippen LogP contribution is 2.14. The highest BCUT2D eigenvalue weighted by atomic mass is 35.5. The number of sulfonamides is 1. The zero-order valence-electron chi connectivity index (χ0n) is 12.5. The molecule has 0 radical (unpaired) electrons. The minimum Gasteiger partial charge on any atom is -0.208 e. The first-order valence-corrected chi connectivity index (χ1v) is 8.70. The number of nitrogens with zero attached hydrogens (tertiary/aromatic N) is 1. The summed E-state index contributed by atoms with van der Waals surface area (Å²) < 4.78 is 25.8. The molecular formula is C17H18ClNO2S. The Balaban J connectivity index is 2.08. The lowest BCUT2D eigenvalue weighted by Gasteiger charge is -2.14. The molecule has 22 heavy (non-hydrogen) atoms. The predicted octanol–water partition coefficient (Wildman–Crippen LogP) is 4.08. The summed E-state index contributed by atoms with van der Waals surface area (Å²) in [7, 11) is -1.89. The molecule has 0 saturated heterocycles. The molecule has 2 aromatic rings. The van der Waals surface area contributed by atoms with E-state index in [2.05, 4.69) is 0 Å². The molecule has 0 saturated carbocycles. The molecule has 5 heteroatoms. The molecule has 0 aliphatic heterocycles. The van der Waals surface area contributed by atoms with Crippen LogP contribution in [0.1, 0.15) is 16.7 Å². The van der Waals surface area contributed by atoms with E-state index in [1.807, 2.05) is 31.2 Å². The number of aryl methyl sites for hydroxylation is 1. The number of rotatable bonds is 5. The van der Waals surface area contributed by atoms with Gasteiger partial charge in [-0.3, -0.25) is 0 Å². The van der Waals surface area contributed by atoms with Crippen molar-refractivity contribution < 1.29 is 8.42 Å². The van der Waals surface area contributed by atoms with Gasteiger partial charge in [0.15, 0.2) is 0 Å². The van der Waals surface area contributed by atoms with Crippen molar-refractivity contribution in [1.82, 2.24) is 4.31 Å². The minimum atomic E-state index is -3.46. The normalized spacial score (nSPS) is 12.2. The van der Waals surface area contributed by atoms with E-state index in [4.69, 9.17) is 11.6 Å². The van der Waals surface area contributed by atoms with E-state index in [0.717, 1.165) is 16.7 Å². The third-order valence-corrected chi connectivity index (χ3v) is 4.99. The quantitative estimate of drug-likeness (QED) is 0.825. The maximum Gasteiger partial charge on any atom is 0.236 e. The second kappa shape index (κ2) is 7.09. The van der Waals surface area contributed by atoms with Gasteiger partial charge < -0.3 is 0 Å². The Morgan fingerprint density at radius 3 is 2.23 bits per heavy atom. The van der Waals surface area contributed by atoms with E-state index < -0.39 is 10.0 Å². The highest BCUT2D eigenvalue weighted by Gasteiger charge is 2.14. The molecule has 0 unspecified atom stereocenters. The lowest BCUT2D eigenvalue weighted by atomic mass is 10.1. The molecule has 3 nitrogen and oxygen atoms in total. The van der Waals surface area contributed by atoms with Gasteiger partial charge >= 0.3 is 0 Å². The molecule has 0 aliphatic carbocycles. The first-order chi connectivity index (χ1) is 10.4. The summed E-state index contributed by atoms with van der Waals surface area (Å²) in [6, 6.07) is 14.8. The topological polar surface area (TPSA) is 37.4 Å². The Kier molecular flexibility index (Phi) is 5.40. The van der Waals surface area contributed by atoms with Gasteiger partial charge in [0, 0.05) is 24.0 Å². The molecule has 116 valence electrons. The molecule has 0 aliphatic rings. The van der Waals surface area contributed by atoms with Crippen molar-refractivity contribution in [2.75, 3.05) is 7.05 Å². The van der Waals surface area contributed by atoms with Crippen molar-refractivity contribution in [3.8, 4) is 0 Å². The molecule has 0 atom stereocenters. The average Bonchev–Trinajstić information content (AvgIpc) is 2.49. The van der Waals surface area contributed by atoms with Gasteiger partial charge in [-0.2, -0.15) is 4.31 Å². The number of halogens is 1. The van der Waals surface area contributed by atoms with Gasteiger partial charge in [0.25, 0.3) is 0 Å². The van der Waals surface area contributed by atoms with Crippen LogP contribution in [-0.4, -0.2) is 19.8 Å². The summed E-state index contributed by atoms with van der Waals surface area (Å²) in [6.45, 7) is 2.34. The van der Waals surface area contributed by atoms with Gasteiger partial charge in [-0.05, 0) is 36.3 Å². The number of benzene rings is 2. The molecule has 2 rings (SSSR count). The Hall–Kier alpha value is -1.62. The van der Waals surface area contributed by atoms with Crippen LogP contribution in [0.15, 0.2) is 53.9 Å². The molecule has 2 aromatic carbocycles. The molecule has 0 spiro atoms. The van der Waals surface area contributed by atoms with Crippen LogP contribution in [0.4, 0.5) is 0 Å². The maximum absolute atomic E-state index is 12.3. The van der Waals surface area contributed by atoms with Crippen LogP contribution < -0.4 is 0 Å². The van der Waals surface area contributed by atoms with Crippen LogP contribution in [0.5, 0.6) is 0 Å². The monoisotopic (exact) mass is 335 g/mol. The fourth-order valence-corrected chi connectivity index (χ4v) is 2.87. The zero-order chi connectivity index (χ0) is 16.2. The van der Waals surface area contributed by atoms with Crippen LogP contribution in [0.2, 0.25) is 5.02 Å². The fourth-order valence-electron chi connectivity index (χ4n) is 1.88. The third-order valence-electron chi connectivity index (χ3n) is 3.26. The Morgan fingerprint density at radius 1 is 1.05 bits per heavy atom. The first-order valence-electron chi connectivity index (χ1n) is 6.82.